The van der Waals surface area contributed by atoms with E-state index >= 15 is 0 Å². The zero-order valence-corrected chi connectivity index (χ0v) is 9.41. The van der Waals surface area contributed by atoms with Crippen molar-refractivity contribution >= 4 is 5.97 Å². The van der Waals surface area contributed by atoms with Crippen LogP contribution in [0.25, 0.3) is 0 Å². The second-order valence-corrected chi connectivity index (χ2v) is 2.55. The molecule has 14 heavy (non-hydrogen) atoms. The van der Waals surface area contributed by atoms with E-state index in [1.165, 1.54) is 6.92 Å². The van der Waals surface area contributed by atoms with Crippen molar-refractivity contribution in [2.75, 3.05) is 26.4 Å². The number of rotatable bonds is 6. The van der Waals surface area contributed by atoms with Gasteiger partial charge in [0.25, 0.3) is 0 Å². The molecule has 0 atom stereocenters. The van der Waals surface area contributed by atoms with E-state index in [2.05, 4.69) is 4.74 Å². The highest BCUT2D eigenvalue weighted by Gasteiger charge is 1.90. The molecule has 0 saturated heterocycles. The van der Waals surface area contributed by atoms with Crippen LogP contribution in [0.1, 0.15) is 33.6 Å². The van der Waals surface area contributed by atoms with Crippen LogP contribution < -0.4 is 0 Å². The summed E-state index contributed by atoms with van der Waals surface area (Å²) in [5.74, 6) is -0.257. The van der Waals surface area contributed by atoms with Gasteiger partial charge in [-0.05, 0) is 26.7 Å². The fourth-order valence-electron chi connectivity index (χ4n) is 0.634. The Labute approximate surface area is 86.2 Å². The fourth-order valence-corrected chi connectivity index (χ4v) is 0.634. The van der Waals surface area contributed by atoms with E-state index < -0.39 is 0 Å². The predicted octanol–water partition coefficient (Wildman–Crippen LogP) is 1.36. The Morgan fingerprint density at radius 2 is 1.79 bits per heavy atom. The second kappa shape index (κ2) is 14.9. The lowest BCUT2D eigenvalue weighted by molar-refractivity contribution is -0.141. The highest BCUT2D eigenvalue weighted by Crippen LogP contribution is 1.87. The fraction of sp³-hybridized carbons (Fsp3) is 0.900. The summed E-state index contributed by atoms with van der Waals surface area (Å²) in [6, 6.07) is 0. The minimum absolute atomic E-state index is 0.168. The number of esters is 1. The van der Waals surface area contributed by atoms with Crippen LogP contribution in [0.2, 0.25) is 0 Å². The third-order valence-corrected chi connectivity index (χ3v) is 1.27. The van der Waals surface area contributed by atoms with Gasteiger partial charge in [-0.3, -0.25) is 4.79 Å². The molecule has 1 N–H and O–H groups in total. The number of ether oxygens (including phenoxy) is 2. The van der Waals surface area contributed by atoms with Gasteiger partial charge in [-0.1, -0.05) is 0 Å². The first-order chi connectivity index (χ1) is 6.68. The zero-order chi connectivity index (χ0) is 11.2. The van der Waals surface area contributed by atoms with Crippen LogP contribution in [0.5, 0.6) is 0 Å². The number of carbonyl (C=O) groups is 1. The number of hydrogen-bond acceptors (Lipinski definition) is 4. The average molecular weight is 206 g/mol. The zero-order valence-electron chi connectivity index (χ0n) is 9.41. The van der Waals surface area contributed by atoms with Crippen molar-refractivity contribution in [1.29, 1.82) is 0 Å². The number of aliphatic hydroxyl groups excluding tert-OH is 1. The van der Waals surface area contributed by atoms with E-state index in [0.29, 0.717) is 13.0 Å². The second-order valence-electron chi connectivity index (χ2n) is 2.55. The average Bonchev–Trinajstić information content (AvgIpc) is 2.15. The van der Waals surface area contributed by atoms with Gasteiger partial charge in [-0.2, -0.15) is 0 Å². The Bertz CT molecular complexity index is 113. The standard InChI is InChI=1S/C6H12O3.C4H10O/c1-6(8)9-5-3-2-4-7;1-3-5-4-2/h7H,2-5H2,1H3;3-4H2,1-2H3. The lowest BCUT2D eigenvalue weighted by atomic mass is 10.3. The van der Waals surface area contributed by atoms with Crippen LogP contribution in [-0.2, 0) is 14.3 Å². The molecule has 0 heterocycles. The van der Waals surface area contributed by atoms with Crippen molar-refractivity contribution in [2.24, 2.45) is 0 Å². The lowest BCUT2D eigenvalue weighted by Crippen LogP contribution is -2.00. The minimum Gasteiger partial charge on any atom is -0.466 e. The maximum Gasteiger partial charge on any atom is 0.302 e. The maximum absolute atomic E-state index is 10.1. The van der Waals surface area contributed by atoms with Crippen molar-refractivity contribution in [2.45, 2.75) is 33.6 Å². The molecule has 0 bridgehead atoms. The molecule has 0 rings (SSSR count). The van der Waals surface area contributed by atoms with Gasteiger partial charge >= 0.3 is 5.97 Å². The van der Waals surface area contributed by atoms with Crippen LogP contribution in [0.3, 0.4) is 0 Å². The van der Waals surface area contributed by atoms with E-state index in [-0.39, 0.29) is 12.6 Å². The largest absolute Gasteiger partial charge is 0.466 e. The van der Waals surface area contributed by atoms with Crippen molar-refractivity contribution < 1.29 is 19.4 Å². The minimum atomic E-state index is -0.257. The van der Waals surface area contributed by atoms with E-state index in [1.54, 1.807) is 0 Å². The molecule has 0 aliphatic rings. The Morgan fingerprint density at radius 1 is 1.21 bits per heavy atom. The van der Waals surface area contributed by atoms with Crippen molar-refractivity contribution in [3.05, 3.63) is 0 Å². The molecule has 0 amide bonds. The molecule has 0 radical (unpaired) electrons. The van der Waals surface area contributed by atoms with E-state index in [0.717, 1.165) is 19.6 Å². The summed E-state index contributed by atoms with van der Waals surface area (Å²) in [5.41, 5.74) is 0. The third-order valence-electron chi connectivity index (χ3n) is 1.27. The summed E-state index contributed by atoms with van der Waals surface area (Å²) >= 11 is 0. The summed E-state index contributed by atoms with van der Waals surface area (Å²) in [4.78, 5) is 10.1. The first kappa shape index (κ1) is 15.8. The van der Waals surface area contributed by atoms with Crippen LogP contribution in [0.4, 0.5) is 0 Å². The lowest BCUT2D eigenvalue weighted by Gasteiger charge is -1.97. The van der Waals surface area contributed by atoms with Gasteiger partial charge in [0.1, 0.15) is 0 Å². The highest BCUT2D eigenvalue weighted by atomic mass is 16.5. The maximum atomic E-state index is 10.1. The molecule has 0 aromatic heterocycles. The Balaban J connectivity index is 0. The molecule has 0 fully saturated rings. The summed E-state index contributed by atoms with van der Waals surface area (Å²) in [5, 5.41) is 8.29. The number of unbranched alkanes of at least 4 members (excludes halogenated alkanes) is 1. The molecular formula is C10H22O4. The van der Waals surface area contributed by atoms with Crippen LogP contribution in [0, 0.1) is 0 Å². The van der Waals surface area contributed by atoms with Gasteiger partial charge < -0.3 is 14.6 Å². The Morgan fingerprint density at radius 3 is 2.07 bits per heavy atom. The van der Waals surface area contributed by atoms with E-state index in [1.807, 2.05) is 13.8 Å². The van der Waals surface area contributed by atoms with Crippen LogP contribution in [-0.4, -0.2) is 37.5 Å². The van der Waals surface area contributed by atoms with Crippen LogP contribution in [0.15, 0.2) is 0 Å². The molecule has 0 aromatic carbocycles. The Hall–Kier alpha value is -0.610. The van der Waals surface area contributed by atoms with Gasteiger partial charge in [-0.15, -0.1) is 0 Å². The molecule has 0 aliphatic heterocycles. The van der Waals surface area contributed by atoms with E-state index in [4.69, 9.17) is 9.84 Å². The molecule has 0 saturated carbocycles. The van der Waals surface area contributed by atoms with Crippen molar-refractivity contribution in [3.8, 4) is 0 Å². The summed E-state index contributed by atoms with van der Waals surface area (Å²) in [6.45, 7) is 7.64. The molecule has 4 heteroatoms. The quantitative estimate of drug-likeness (QED) is 0.526. The number of carbonyl (C=O) groups excluding carboxylic acids is 1. The van der Waals surface area contributed by atoms with Crippen molar-refractivity contribution in [1.82, 2.24) is 0 Å². The molecule has 0 spiro atoms. The topological polar surface area (TPSA) is 55.8 Å². The summed E-state index contributed by atoms with van der Waals surface area (Å²) in [7, 11) is 0. The number of hydrogen-bond donors (Lipinski definition) is 1. The molecular weight excluding hydrogens is 184 g/mol. The molecule has 0 aliphatic carbocycles. The first-order valence-electron chi connectivity index (χ1n) is 5.00. The molecule has 0 unspecified atom stereocenters. The van der Waals surface area contributed by atoms with Gasteiger partial charge in [0.05, 0.1) is 6.61 Å². The van der Waals surface area contributed by atoms with Gasteiger partial charge in [-0.25, -0.2) is 0 Å². The monoisotopic (exact) mass is 206 g/mol. The molecule has 86 valence electrons. The molecule has 4 nitrogen and oxygen atoms in total. The third kappa shape index (κ3) is 22.5. The van der Waals surface area contributed by atoms with Gasteiger partial charge in [0.2, 0.25) is 0 Å². The summed E-state index contributed by atoms with van der Waals surface area (Å²) in [6.07, 6.45) is 1.45. The molecule has 0 aromatic rings. The normalized spacial score (nSPS) is 8.86. The predicted molar refractivity (Wildman–Crippen MR) is 55.1 cm³/mol. The SMILES string of the molecule is CC(=O)OCCCCO.CCOCC. The first-order valence-corrected chi connectivity index (χ1v) is 5.00. The Kier molecular flexibility index (Phi) is 16.9. The van der Waals surface area contributed by atoms with E-state index in [9.17, 15) is 4.79 Å². The smallest absolute Gasteiger partial charge is 0.302 e. The van der Waals surface area contributed by atoms with Crippen LogP contribution >= 0.6 is 0 Å². The highest BCUT2D eigenvalue weighted by molar-refractivity contribution is 5.65. The van der Waals surface area contributed by atoms with Gasteiger partial charge in [0, 0.05) is 26.7 Å². The van der Waals surface area contributed by atoms with Crippen molar-refractivity contribution in [3.63, 3.8) is 0 Å². The number of aliphatic hydroxyl groups is 1. The summed E-state index contributed by atoms with van der Waals surface area (Å²) < 4.78 is 9.43. The van der Waals surface area contributed by atoms with Gasteiger partial charge in [0.15, 0.2) is 0 Å².